The first kappa shape index (κ1) is 12.6. The summed E-state index contributed by atoms with van der Waals surface area (Å²) < 4.78 is 27.4. The Morgan fingerprint density at radius 1 is 1.40 bits per heavy atom. The fourth-order valence-corrected chi connectivity index (χ4v) is 2.44. The Bertz CT molecular complexity index is 443. The number of benzene rings is 1. The van der Waals surface area contributed by atoms with Crippen LogP contribution in [-0.2, 0) is 15.5 Å². The Labute approximate surface area is 98.4 Å². The lowest BCUT2D eigenvalue weighted by atomic mass is 10.2. The highest BCUT2D eigenvalue weighted by Crippen LogP contribution is 2.27. The fourth-order valence-electron chi connectivity index (χ4n) is 1.18. The van der Waals surface area contributed by atoms with Crippen molar-refractivity contribution in [3.63, 3.8) is 0 Å². The average Bonchev–Trinajstić information content (AvgIpc) is 2.17. The average molecular weight is 269 g/mol. The first-order chi connectivity index (χ1) is 6.99. The maximum atomic E-state index is 11.2. The number of halogens is 2. The maximum absolute atomic E-state index is 11.2. The topological polar surface area (TPSA) is 43.4 Å². The van der Waals surface area contributed by atoms with Crippen LogP contribution in [0.3, 0.4) is 0 Å². The standard InChI is InChI=1S/C9H10Cl2O3S/c1-14-8-3-2-7(4-5-10)6-9(8)15(11,12)13/h2-3,6H,4-5H2,1H3. The summed E-state index contributed by atoms with van der Waals surface area (Å²) in [4.78, 5) is -0.0192. The number of rotatable bonds is 4. The summed E-state index contributed by atoms with van der Waals surface area (Å²) in [5.41, 5.74) is 0.810. The molecule has 1 rings (SSSR count). The van der Waals surface area contributed by atoms with Crippen LogP contribution in [0.1, 0.15) is 5.56 Å². The van der Waals surface area contributed by atoms with E-state index in [1.807, 2.05) is 0 Å². The summed E-state index contributed by atoms with van der Waals surface area (Å²) in [5.74, 6) is 0.664. The monoisotopic (exact) mass is 268 g/mol. The van der Waals surface area contributed by atoms with Crippen LogP contribution in [0.4, 0.5) is 0 Å². The van der Waals surface area contributed by atoms with Crippen molar-refractivity contribution in [2.45, 2.75) is 11.3 Å². The minimum absolute atomic E-state index is 0.0192. The SMILES string of the molecule is COc1ccc(CCCl)cc1S(=O)(=O)Cl. The van der Waals surface area contributed by atoms with E-state index >= 15 is 0 Å². The number of hydrogen-bond donors (Lipinski definition) is 0. The molecule has 0 unspecified atom stereocenters. The van der Waals surface area contributed by atoms with Crippen molar-refractivity contribution in [2.75, 3.05) is 13.0 Å². The number of hydrogen-bond acceptors (Lipinski definition) is 3. The normalized spacial score (nSPS) is 11.4. The number of aryl methyl sites for hydroxylation is 1. The van der Waals surface area contributed by atoms with E-state index in [9.17, 15) is 8.42 Å². The molecule has 0 aliphatic rings. The molecule has 0 atom stereocenters. The minimum atomic E-state index is -3.78. The number of ether oxygens (including phenoxy) is 1. The molecular formula is C9H10Cl2O3S. The molecule has 0 aromatic heterocycles. The van der Waals surface area contributed by atoms with Gasteiger partial charge in [-0.25, -0.2) is 8.42 Å². The van der Waals surface area contributed by atoms with Crippen LogP contribution < -0.4 is 4.74 Å². The Morgan fingerprint density at radius 2 is 2.07 bits per heavy atom. The molecule has 0 bridgehead atoms. The first-order valence-corrected chi connectivity index (χ1v) is 7.01. The second kappa shape index (κ2) is 5.05. The van der Waals surface area contributed by atoms with Gasteiger partial charge in [0.1, 0.15) is 10.6 Å². The van der Waals surface area contributed by atoms with Crippen LogP contribution in [0.2, 0.25) is 0 Å². The van der Waals surface area contributed by atoms with Gasteiger partial charge in [0.05, 0.1) is 7.11 Å². The van der Waals surface area contributed by atoms with Gasteiger partial charge in [-0.1, -0.05) is 6.07 Å². The number of alkyl halides is 1. The minimum Gasteiger partial charge on any atom is -0.495 e. The molecule has 0 fully saturated rings. The molecule has 0 heterocycles. The van der Waals surface area contributed by atoms with Crippen LogP contribution >= 0.6 is 22.3 Å². The van der Waals surface area contributed by atoms with Gasteiger partial charge in [-0.3, -0.25) is 0 Å². The van der Waals surface area contributed by atoms with Gasteiger partial charge in [0, 0.05) is 16.6 Å². The van der Waals surface area contributed by atoms with Gasteiger partial charge in [-0.05, 0) is 24.1 Å². The van der Waals surface area contributed by atoms with E-state index in [2.05, 4.69) is 0 Å². The summed E-state index contributed by atoms with van der Waals surface area (Å²) >= 11 is 5.56. The summed E-state index contributed by atoms with van der Waals surface area (Å²) in [6.45, 7) is 0. The third-order valence-electron chi connectivity index (χ3n) is 1.87. The predicted molar refractivity (Wildman–Crippen MR) is 60.5 cm³/mol. The molecule has 0 saturated heterocycles. The predicted octanol–water partition coefficient (Wildman–Crippen LogP) is 2.40. The van der Waals surface area contributed by atoms with Gasteiger partial charge in [-0.15, -0.1) is 11.6 Å². The highest BCUT2D eigenvalue weighted by Gasteiger charge is 2.16. The van der Waals surface area contributed by atoms with Crippen LogP contribution in [-0.4, -0.2) is 21.4 Å². The molecule has 0 aliphatic heterocycles. The van der Waals surface area contributed by atoms with Gasteiger partial charge < -0.3 is 4.74 Å². The van der Waals surface area contributed by atoms with Crippen molar-refractivity contribution in [1.82, 2.24) is 0 Å². The van der Waals surface area contributed by atoms with Gasteiger partial charge >= 0.3 is 0 Å². The molecule has 0 amide bonds. The second-order valence-corrected chi connectivity index (χ2v) is 5.77. The molecule has 0 N–H and O–H groups in total. The summed E-state index contributed by atoms with van der Waals surface area (Å²) in [6.07, 6.45) is 0.588. The van der Waals surface area contributed by atoms with Gasteiger partial charge in [0.15, 0.2) is 0 Å². The molecule has 0 radical (unpaired) electrons. The van der Waals surface area contributed by atoms with Crippen molar-refractivity contribution < 1.29 is 13.2 Å². The Balaban J connectivity index is 3.26. The Hall–Kier alpha value is -0.450. The second-order valence-electron chi connectivity index (χ2n) is 2.86. The van der Waals surface area contributed by atoms with Crippen molar-refractivity contribution in [2.24, 2.45) is 0 Å². The van der Waals surface area contributed by atoms with E-state index < -0.39 is 9.05 Å². The fraction of sp³-hybridized carbons (Fsp3) is 0.333. The van der Waals surface area contributed by atoms with E-state index in [1.54, 1.807) is 12.1 Å². The quantitative estimate of drug-likeness (QED) is 0.622. The van der Waals surface area contributed by atoms with Crippen molar-refractivity contribution in [1.29, 1.82) is 0 Å². The zero-order valence-electron chi connectivity index (χ0n) is 8.04. The molecule has 0 saturated carbocycles. The zero-order chi connectivity index (χ0) is 11.5. The van der Waals surface area contributed by atoms with Gasteiger partial charge in [0.25, 0.3) is 9.05 Å². The summed E-state index contributed by atoms with van der Waals surface area (Å²) in [6, 6.07) is 4.80. The molecule has 3 nitrogen and oxygen atoms in total. The third kappa shape index (κ3) is 3.26. The van der Waals surface area contributed by atoms with Crippen LogP contribution in [0.15, 0.2) is 23.1 Å². The molecule has 6 heteroatoms. The first-order valence-electron chi connectivity index (χ1n) is 4.16. The van der Waals surface area contributed by atoms with Gasteiger partial charge in [0.2, 0.25) is 0 Å². The van der Waals surface area contributed by atoms with Crippen molar-refractivity contribution in [3.8, 4) is 5.75 Å². The van der Waals surface area contributed by atoms with E-state index in [0.717, 1.165) is 5.56 Å². The Morgan fingerprint density at radius 3 is 2.53 bits per heavy atom. The third-order valence-corrected chi connectivity index (χ3v) is 3.41. The summed E-state index contributed by atoms with van der Waals surface area (Å²) in [7, 11) is 2.88. The van der Waals surface area contributed by atoms with Crippen molar-refractivity contribution in [3.05, 3.63) is 23.8 Å². The summed E-state index contributed by atoms with van der Waals surface area (Å²) in [5, 5.41) is 0. The largest absolute Gasteiger partial charge is 0.495 e. The lowest BCUT2D eigenvalue weighted by Crippen LogP contribution is -1.98. The number of methoxy groups -OCH3 is 1. The van der Waals surface area contributed by atoms with Crippen LogP contribution in [0.25, 0.3) is 0 Å². The van der Waals surface area contributed by atoms with E-state index in [-0.39, 0.29) is 10.6 Å². The van der Waals surface area contributed by atoms with E-state index in [1.165, 1.54) is 13.2 Å². The van der Waals surface area contributed by atoms with Crippen LogP contribution in [0.5, 0.6) is 5.75 Å². The molecule has 1 aromatic carbocycles. The molecule has 84 valence electrons. The highest BCUT2D eigenvalue weighted by molar-refractivity contribution is 8.13. The van der Waals surface area contributed by atoms with E-state index in [0.29, 0.717) is 12.3 Å². The molecule has 1 aromatic rings. The molecular weight excluding hydrogens is 259 g/mol. The highest BCUT2D eigenvalue weighted by atomic mass is 35.7. The molecule has 0 spiro atoms. The van der Waals surface area contributed by atoms with Crippen molar-refractivity contribution >= 4 is 31.3 Å². The lowest BCUT2D eigenvalue weighted by Gasteiger charge is -2.07. The van der Waals surface area contributed by atoms with Crippen LogP contribution in [0, 0.1) is 0 Å². The smallest absolute Gasteiger partial charge is 0.264 e. The lowest BCUT2D eigenvalue weighted by molar-refractivity contribution is 0.403. The van der Waals surface area contributed by atoms with E-state index in [4.69, 9.17) is 27.0 Å². The zero-order valence-corrected chi connectivity index (χ0v) is 10.4. The Kier molecular flexibility index (Phi) is 4.25. The van der Waals surface area contributed by atoms with Gasteiger partial charge in [-0.2, -0.15) is 0 Å². The molecule has 0 aliphatic carbocycles. The maximum Gasteiger partial charge on any atom is 0.264 e. The molecule has 15 heavy (non-hydrogen) atoms.